The lowest BCUT2D eigenvalue weighted by Gasteiger charge is -2.18. The van der Waals surface area contributed by atoms with Crippen LogP contribution in [0, 0.1) is 13.8 Å². The zero-order valence-corrected chi connectivity index (χ0v) is 13.7. The number of imidazole rings is 1. The summed E-state index contributed by atoms with van der Waals surface area (Å²) < 4.78 is 2.00. The van der Waals surface area contributed by atoms with Crippen LogP contribution in [0.15, 0.2) is 24.5 Å². The first-order valence-electron chi connectivity index (χ1n) is 6.59. The van der Waals surface area contributed by atoms with E-state index in [0.717, 1.165) is 11.4 Å². The summed E-state index contributed by atoms with van der Waals surface area (Å²) in [5, 5.41) is 1.01. The highest BCUT2D eigenvalue weighted by Crippen LogP contribution is 2.26. The summed E-state index contributed by atoms with van der Waals surface area (Å²) >= 11 is 12.2. The van der Waals surface area contributed by atoms with Gasteiger partial charge in [0.25, 0.3) is 5.91 Å². The number of amides is 1. The van der Waals surface area contributed by atoms with Crippen LogP contribution in [0.3, 0.4) is 0 Å². The van der Waals surface area contributed by atoms with Crippen molar-refractivity contribution in [1.29, 1.82) is 0 Å². The van der Waals surface area contributed by atoms with Crippen LogP contribution >= 0.6 is 23.2 Å². The van der Waals surface area contributed by atoms with E-state index in [0.29, 0.717) is 28.7 Å². The second-order valence-corrected chi connectivity index (χ2v) is 5.77. The number of aryl methyl sites for hydroxylation is 1. The predicted molar refractivity (Wildman–Crippen MR) is 85.1 cm³/mol. The van der Waals surface area contributed by atoms with Crippen molar-refractivity contribution in [2.24, 2.45) is 0 Å². The van der Waals surface area contributed by atoms with Gasteiger partial charge in [0, 0.05) is 48.1 Å². The number of carbonyl (C=O) groups excluding carboxylic acids is 1. The number of nitrogens with zero attached hydrogens (tertiary/aromatic N) is 3. The molecule has 0 N–H and O–H groups in total. The molecular weight excluding hydrogens is 309 g/mol. The molecule has 0 radical (unpaired) electrons. The average molecular weight is 326 g/mol. The first-order chi connectivity index (χ1) is 9.90. The fourth-order valence-electron chi connectivity index (χ4n) is 1.99. The van der Waals surface area contributed by atoms with Crippen LogP contribution < -0.4 is 0 Å². The van der Waals surface area contributed by atoms with Gasteiger partial charge in [-0.2, -0.15) is 0 Å². The van der Waals surface area contributed by atoms with Crippen molar-refractivity contribution in [3.05, 3.63) is 51.5 Å². The van der Waals surface area contributed by atoms with E-state index in [1.165, 1.54) is 0 Å². The van der Waals surface area contributed by atoms with Gasteiger partial charge in [-0.1, -0.05) is 23.2 Å². The molecule has 2 rings (SSSR count). The Bertz CT molecular complexity index is 644. The summed E-state index contributed by atoms with van der Waals surface area (Å²) in [6.07, 6.45) is 3.64. The standard InChI is InChI=1S/C15H17Cl2N3O/c1-10-13(16)8-12(9-14(10)17)15(21)19(3)6-7-20-5-4-18-11(20)2/h4-5,8-9H,6-7H2,1-3H3. The van der Waals surface area contributed by atoms with E-state index < -0.39 is 0 Å². The molecule has 0 aliphatic heterocycles. The smallest absolute Gasteiger partial charge is 0.253 e. The molecule has 0 saturated carbocycles. The molecule has 1 aromatic heterocycles. The number of aromatic nitrogens is 2. The van der Waals surface area contributed by atoms with E-state index in [1.54, 1.807) is 30.3 Å². The third-order valence-corrected chi connectivity index (χ3v) is 4.26. The minimum atomic E-state index is -0.100. The summed E-state index contributed by atoms with van der Waals surface area (Å²) in [5.41, 5.74) is 1.28. The van der Waals surface area contributed by atoms with Crippen molar-refractivity contribution in [2.45, 2.75) is 20.4 Å². The lowest BCUT2D eigenvalue weighted by molar-refractivity contribution is 0.0790. The van der Waals surface area contributed by atoms with Gasteiger partial charge in [0.1, 0.15) is 5.82 Å². The summed E-state index contributed by atoms with van der Waals surface area (Å²) in [7, 11) is 1.76. The molecule has 4 nitrogen and oxygen atoms in total. The van der Waals surface area contributed by atoms with E-state index in [-0.39, 0.29) is 5.91 Å². The summed E-state index contributed by atoms with van der Waals surface area (Å²) in [4.78, 5) is 18.2. The quantitative estimate of drug-likeness (QED) is 0.861. The highest BCUT2D eigenvalue weighted by atomic mass is 35.5. The largest absolute Gasteiger partial charge is 0.340 e. The molecule has 0 bridgehead atoms. The Balaban J connectivity index is 2.07. The number of hydrogen-bond acceptors (Lipinski definition) is 2. The van der Waals surface area contributed by atoms with Crippen LogP contribution in [0.25, 0.3) is 0 Å². The average Bonchev–Trinajstić information content (AvgIpc) is 2.86. The highest BCUT2D eigenvalue weighted by Gasteiger charge is 2.15. The molecule has 1 amide bonds. The zero-order chi connectivity index (χ0) is 15.6. The van der Waals surface area contributed by atoms with Gasteiger partial charge >= 0.3 is 0 Å². The molecular formula is C15H17Cl2N3O. The lowest BCUT2D eigenvalue weighted by Crippen LogP contribution is -2.30. The topological polar surface area (TPSA) is 38.1 Å². The SMILES string of the molecule is Cc1c(Cl)cc(C(=O)N(C)CCn2ccnc2C)cc1Cl. The van der Waals surface area contributed by atoms with Crippen molar-refractivity contribution in [3.8, 4) is 0 Å². The van der Waals surface area contributed by atoms with Crippen LogP contribution in [0.4, 0.5) is 0 Å². The first-order valence-corrected chi connectivity index (χ1v) is 7.34. The van der Waals surface area contributed by atoms with Gasteiger partial charge in [-0.25, -0.2) is 4.98 Å². The van der Waals surface area contributed by atoms with E-state index in [4.69, 9.17) is 23.2 Å². The molecule has 6 heteroatoms. The Morgan fingerprint density at radius 2 is 1.90 bits per heavy atom. The van der Waals surface area contributed by atoms with E-state index in [1.807, 2.05) is 24.6 Å². The molecule has 112 valence electrons. The Kier molecular flexibility index (Phi) is 4.91. The second-order valence-electron chi connectivity index (χ2n) is 4.96. The van der Waals surface area contributed by atoms with Gasteiger partial charge in [0.05, 0.1) is 0 Å². The molecule has 0 aliphatic carbocycles. The van der Waals surface area contributed by atoms with Crippen molar-refractivity contribution in [2.75, 3.05) is 13.6 Å². The van der Waals surface area contributed by atoms with Crippen LogP contribution in [0.1, 0.15) is 21.7 Å². The Labute approximate surface area is 134 Å². The van der Waals surface area contributed by atoms with Gasteiger partial charge < -0.3 is 9.47 Å². The third-order valence-electron chi connectivity index (χ3n) is 3.47. The Hall–Kier alpha value is -1.52. The van der Waals surface area contributed by atoms with Crippen LogP contribution in [-0.4, -0.2) is 34.0 Å². The van der Waals surface area contributed by atoms with Crippen molar-refractivity contribution in [3.63, 3.8) is 0 Å². The number of carbonyl (C=O) groups is 1. The number of likely N-dealkylation sites (N-methyl/N-ethyl adjacent to an activating group) is 1. The van der Waals surface area contributed by atoms with Gasteiger partial charge in [-0.15, -0.1) is 0 Å². The van der Waals surface area contributed by atoms with Crippen LogP contribution in [-0.2, 0) is 6.54 Å². The second kappa shape index (κ2) is 6.50. The number of rotatable bonds is 4. The zero-order valence-electron chi connectivity index (χ0n) is 12.2. The summed E-state index contributed by atoms with van der Waals surface area (Å²) in [6, 6.07) is 3.31. The van der Waals surface area contributed by atoms with Crippen LogP contribution in [0.5, 0.6) is 0 Å². The van der Waals surface area contributed by atoms with Crippen molar-refractivity contribution < 1.29 is 4.79 Å². The normalized spacial score (nSPS) is 10.7. The molecule has 1 heterocycles. The first kappa shape index (κ1) is 15.9. The van der Waals surface area contributed by atoms with E-state index >= 15 is 0 Å². The molecule has 0 unspecified atom stereocenters. The molecule has 2 aromatic rings. The monoisotopic (exact) mass is 325 g/mol. The summed E-state index contributed by atoms with van der Waals surface area (Å²) in [6.45, 7) is 5.03. The van der Waals surface area contributed by atoms with Crippen LogP contribution in [0.2, 0.25) is 10.0 Å². The molecule has 0 atom stereocenters. The number of hydrogen-bond donors (Lipinski definition) is 0. The summed E-state index contributed by atoms with van der Waals surface area (Å²) in [5.74, 6) is 0.828. The fourth-order valence-corrected chi connectivity index (χ4v) is 2.48. The highest BCUT2D eigenvalue weighted by molar-refractivity contribution is 6.36. The third kappa shape index (κ3) is 3.57. The minimum Gasteiger partial charge on any atom is -0.340 e. The maximum atomic E-state index is 12.4. The number of benzene rings is 1. The van der Waals surface area contributed by atoms with Crippen molar-refractivity contribution >= 4 is 29.1 Å². The fraction of sp³-hybridized carbons (Fsp3) is 0.333. The molecule has 0 aliphatic rings. The Morgan fingerprint density at radius 3 is 2.43 bits per heavy atom. The minimum absolute atomic E-state index is 0.100. The number of halogens is 2. The molecule has 0 fully saturated rings. The predicted octanol–water partition coefficient (Wildman–Crippen LogP) is 3.58. The van der Waals surface area contributed by atoms with E-state index in [9.17, 15) is 4.79 Å². The maximum absolute atomic E-state index is 12.4. The molecule has 0 saturated heterocycles. The van der Waals surface area contributed by atoms with Crippen molar-refractivity contribution in [1.82, 2.24) is 14.5 Å². The van der Waals surface area contributed by atoms with Gasteiger partial charge in [-0.05, 0) is 31.5 Å². The lowest BCUT2D eigenvalue weighted by atomic mass is 10.1. The van der Waals surface area contributed by atoms with Gasteiger partial charge in [-0.3, -0.25) is 4.79 Å². The maximum Gasteiger partial charge on any atom is 0.253 e. The van der Waals surface area contributed by atoms with E-state index in [2.05, 4.69) is 4.98 Å². The van der Waals surface area contributed by atoms with Gasteiger partial charge in [0.2, 0.25) is 0 Å². The van der Waals surface area contributed by atoms with Gasteiger partial charge in [0.15, 0.2) is 0 Å². The molecule has 0 spiro atoms. The molecule has 21 heavy (non-hydrogen) atoms. The molecule has 1 aromatic carbocycles. The Morgan fingerprint density at radius 1 is 1.29 bits per heavy atom.